The molecule has 0 heterocycles. The average Bonchev–Trinajstić information content (AvgIpc) is 2.26. The number of hydrogen-bond donors (Lipinski definition) is 0. The molecule has 0 N–H and O–H groups in total. The lowest BCUT2D eigenvalue weighted by Gasteiger charge is -2.11. The third kappa shape index (κ3) is 2.58. The van der Waals surface area contributed by atoms with Crippen LogP contribution in [0.15, 0.2) is 30.3 Å². The summed E-state index contributed by atoms with van der Waals surface area (Å²) < 4.78 is 13.9. The van der Waals surface area contributed by atoms with E-state index < -0.39 is 5.82 Å². The molecule has 0 aromatic heterocycles. The van der Waals surface area contributed by atoms with Crippen LogP contribution in [-0.4, -0.2) is 5.78 Å². The molecule has 0 fully saturated rings. The van der Waals surface area contributed by atoms with E-state index in [0.717, 1.165) is 22.3 Å². The van der Waals surface area contributed by atoms with E-state index in [4.69, 9.17) is 0 Å². The number of hydrogen-bond acceptors (Lipinski definition) is 1. The first-order valence-electron chi connectivity index (χ1n) is 6.29. The van der Waals surface area contributed by atoms with Crippen LogP contribution in [0.3, 0.4) is 0 Å². The van der Waals surface area contributed by atoms with Gasteiger partial charge in [-0.05, 0) is 56.5 Å². The van der Waals surface area contributed by atoms with E-state index in [1.165, 1.54) is 6.07 Å². The fourth-order valence-corrected chi connectivity index (χ4v) is 2.48. The smallest absolute Gasteiger partial charge is 0.196 e. The van der Waals surface area contributed by atoms with Gasteiger partial charge in [-0.2, -0.15) is 0 Å². The molecule has 0 spiro atoms. The predicted octanol–water partition coefficient (Wildman–Crippen LogP) is 4.29. The highest BCUT2D eigenvalue weighted by atomic mass is 19.1. The highest BCUT2D eigenvalue weighted by molar-refractivity contribution is 6.11. The Morgan fingerprint density at radius 3 is 2.00 bits per heavy atom. The summed E-state index contributed by atoms with van der Waals surface area (Å²) in [4.78, 5) is 12.5. The zero-order valence-corrected chi connectivity index (χ0v) is 11.7. The minimum Gasteiger partial charge on any atom is -0.288 e. The predicted molar refractivity (Wildman–Crippen MR) is 75.2 cm³/mol. The molecule has 2 heteroatoms. The molecule has 1 nitrogen and oxygen atoms in total. The summed E-state index contributed by atoms with van der Waals surface area (Å²) in [6, 6.07) is 8.62. The van der Waals surface area contributed by atoms with Gasteiger partial charge < -0.3 is 0 Å². The van der Waals surface area contributed by atoms with E-state index in [1.54, 1.807) is 19.1 Å². The molecule has 98 valence electrons. The lowest BCUT2D eigenvalue weighted by atomic mass is 9.92. The van der Waals surface area contributed by atoms with Crippen molar-refractivity contribution in [2.45, 2.75) is 27.7 Å². The van der Waals surface area contributed by atoms with Crippen molar-refractivity contribution >= 4 is 5.78 Å². The van der Waals surface area contributed by atoms with Gasteiger partial charge >= 0.3 is 0 Å². The lowest BCUT2D eigenvalue weighted by Crippen LogP contribution is -2.09. The van der Waals surface area contributed by atoms with Crippen LogP contribution >= 0.6 is 0 Å². The van der Waals surface area contributed by atoms with Crippen LogP contribution in [0.4, 0.5) is 4.39 Å². The van der Waals surface area contributed by atoms with E-state index in [0.29, 0.717) is 5.56 Å². The molecule has 0 saturated carbocycles. The van der Waals surface area contributed by atoms with Gasteiger partial charge in [0.15, 0.2) is 5.78 Å². The van der Waals surface area contributed by atoms with Gasteiger partial charge in [0.2, 0.25) is 0 Å². The number of halogens is 1. The van der Waals surface area contributed by atoms with Gasteiger partial charge in [-0.25, -0.2) is 4.39 Å². The van der Waals surface area contributed by atoms with E-state index in [1.807, 2.05) is 32.9 Å². The monoisotopic (exact) mass is 256 g/mol. The number of rotatable bonds is 2. The summed E-state index contributed by atoms with van der Waals surface area (Å²) in [5.41, 5.74) is 4.45. The van der Waals surface area contributed by atoms with Gasteiger partial charge in [-0.3, -0.25) is 4.79 Å². The van der Waals surface area contributed by atoms with Gasteiger partial charge in [0.25, 0.3) is 0 Å². The topological polar surface area (TPSA) is 17.1 Å². The van der Waals surface area contributed by atoms with Crippen LogP contribution in [0.2, 0.25) is 0 Å². The second-order valence-corrected chi connectivity index (χ2v) is 5.09. The first-order chi connectivity index (χ1) is 8.90. The van der Waals surface area contributed by atoms with E-state index in [2.05, 4.69) is 0 Å². The molecule has 0 unspecified atom stereocenters. The minimum atomic E-state index is -0.454. The summed E-state index contributed by atoms with van der Waals surface area (Å²) in [5, 5.41) is 0. The Hall–Kier alpha value is -1.96. The highest BCUT2D eigenvalue weighted by Crippen LogP contribution is 2.22. The van der Waals surface area contributed by atoms with Gasteiger partial charge in [0.05, 0.1) is 5.56 Å². The van der Waals surface area contributed by atoms with Crippen molar-refractivity contribution in [2.75, 3.05) is 0 Å². The third-order valence-electron chi connectivity index (χ3n) is 3.27. The molecule has 0 saturated heterocycles. The second-order valence-electron chi connectivity index (χ2n) is 5.09. The van der Waals surface area contributed by atoms with Crippen molar-refractivity contribution in [3.8, 4) is 0 Å². The van der Waals surface area contributed by atoms with Crippen LogP contribution in [-0.2, 0) is 0 Å². The maximum absolute atomic E-state index is 13.9. The Kier molecular flexibility index (Phi) is 3.52. The van der Waals surface area contributed by atoms with E-state index >= 15 is 0 Å². The molecular formula is C17H17FO. The summed E-state index contributed by atoms with van der Waals surface area (Å²) in [6.07, 6.45) is 0. The normalized spacial score (nSPS) is 10.6. The maximum Gasteiger partial charge on any atom is 0.196 e. The zero-order valence-electron chi connectivity index (χ0n) is 11.7. The van der Waals surface area contributed by atoms with Crippen LogP contribution < -0.4 is 0 Å². The van der Waals surface area contributed by atoms with Crippen LogP contribution in [0, 0.1) is 33.5 Å². The lowest BCUT2D eigenvalue weighted by molar-refractivity contribution is 0.103. The standard InChI is InChI=1S/C17H17FO/c1-10-5-6-14(15(18)9-10)17(19)16-12(3)7-11(2)8-13(16)4/h5-9H,1-4H3. The van der Waals surface area contributed by atoms with Crippen molar-refractivity contribution in [3.05, 3.63) is 69.5 Å². The second kappa shape index (κ2) is 4.96. The molecule has 0 radical (unpaired) electrons. The minimum absolute atomic E-state index is 0.139. The van der Waals surface area contributed by atoms with E-state index in [9.17, 15) is 9.18 Å². The Morgan fingerprint density at radius 1 is 0.895 bits per heavy atom. The van der Waals surface area contributed by atoms with Crippen molar-refractivity contribution in [1.82, 2.24) is 0 Å². The Labute approximate surface area is 113 Å². The van der Waals surface area contributed by atoms with Crippen LogP contribution in [0.1, 0.15) is 38.2 Å². The highest BCUT2D eigenvalue weighted by Gasteiger charge is 2.18. The zero-order chi connectivity index (χ0) is 14.2. The molecule has 0 bridgehead atoms. The van der Waals surface area contributed by atoms with E-state index in [-0.39, 0.29) is 11.3 Å². The number of ketones is 1. The fraction of sp³-hybridized carbons (Fsp3) is 0.235. The molecule has 2 aromatic carbocycles. The SMILES string of the molecule is Cc1cc(C)c(C(=O)c2ccc(C)cc2F)c(C)c1. The largest absolute Gasteiger partial charge is 0.288 e. The number of aryl methyl sites for hydroxylation is 4. The van der Waals surface area contributed by atoms with Gasteiger partial charge in [-0.1, -0.05) is 23.8 Å². The molecule has 0 atom stereocenters. The van der Waals surface area contributed by atoms with Crippen molar-refractivity contribution in [3.63, 3.8) is 0 Å². The molecule has 0 amide bonds. The maximum atomic E-state index is 13.9. The number of carbonyl (C=O) groups is 1. The molecule has 0 aliphatic heterocycles. The molecule has 2 aromatic rings. The summed E-state index contributed by atoms with van der Waals surface area (Å²) >= 11 is 0. The molecule has 2 rings (SSSR count). The quantitative estimate of drug-likeness (QED) is 0.732. The molecule has 19 heavy (non-hydrogen) atoms. The number of carbonyl (C=O) groups excluding carboxylic acids is 1. The Morgan fingerprint density at radius 2 is 1.47 bits per heavy atom. The number of benzene rings is 2. The summed E-state index contributed by atoms with van der Waals surface area (Å²) in [7, 11) is 0. The Balaban J connectivity index is 2.56. The third-order valence-corrected chi connectivity index (χ3v) is 3.27. The van der Waals surface area contributed by atoms with Crippen LogP contribution in [0.5, 0.6) is 0 Å². The van der Waals surface area contributed by atoms with Gasteiger partial charge in [0, 0.05) is 5.56 Å². The molecule has 0 aliphatic carbocycles. The fourth-order valence-electron chi connectivity index (χ4n) is 2.48. The molecular weight excluding hydrogens is 239 g/mol. The summed E-state index contributed by atoms with van der Waals surface area (Å²) in [6.45, 7) is 7.57. The first-order valence-corrected chi connectivity index (χ1v) is 6.29. The van der Waals surface area contributed by atoms with Gasteiger partial charge in [-0.15, -0.1) is 0 Å². The van der Waals surface area contributed by atoms with Crippen LogP contribution in [0.25, 0.3) is 0 Å². The van der Waals surface area contributed by atoms with Crippen molar-refractivity contribution in [2.24, 2.45) is 0 Å². The first kappa shape index (κ1) is 13.5. The summed E-state index contributed by atoms with van der Waals surface area (Å²) in [5.74, 6) is -0.697. The molecule has 0 aliphatic rings. The Bertz CT molecular complexity index is 633. The van der Waals surface area contributed by atoms with Crippen molar-refractivity contribution in [1.29, 1.82) is 0 Å². The average molecular weight is 256 g/mol. The van der Waals surface area contributed by atoms with Gasteiger partial charge in [0.1, 0.15) is 5.82 Å². The van der Waals surface area contributed by atoms with Crippen molar-refractivity contribution < 1.29 is 9.18 Å².